The number of Topliss-reactive ketones (excluding diaryl/α,β-unsaturated/α-hetero) is 1. The molecule has 19 heavy (non-hydrogen) atoms. The molecule has 0 radical (unpaired) electrons. The summed E-state index contributed by atoms with van der Waals surface area (Å²) >= 11 is 3.39. The number of benzene rings is 1. The summed E-state index contributed by atoms with van der Waals surface area (Å²) in [5.74, 6) is 0.731. The summed E-state index contributed by atoms with van der Waals surface area (Å²) < 4.78 is 6.42. The Hall–Kier alpha value is -0.710. The van der Waals surface area contributed by atoms with Gasteiger partial charge in [0.2, 0.25) is 0 Å². The molecule has 1 atom stereocenters. The molecule has 1 unspecified atom stereocenters. The van der Waals surface area contributed by atoms with Crippen molar-refractivity contribution in [2.45, 2.75) is 12.8 Å². The predicted molar refractivity (Wildman–Crippen MR) is 79.5 cm³/mol. The molecule has 1 aromatic carbocycles. The van der Waals surface area contributed by atoms with E-state index in [1.165, 1.54) is 6.42 Å². The van der Waals surface area contributed by atoms with E-state index in [1.807, 2.05) is 31.3 Å². The maximum Gasteiger partial charge on any atom is 0.176 e. The van der Waals surface area contributed by atoms with E-state index in [0.29, 0.717) is 12.5 Å². The van der Waals surface area contributed by atoms with E-state index in [0.717, 1.165) is 36.2 Å². The smallest absolute Gasteiger partial charge is 0.176 e. The maximum atomic E-state index is 12.2. The lowest BCUT2D eigenvalue weighted by Crippen LogP contribution is -2.34. The molecule has 0 N–H and O–H groups in total. The molecule has 0 bridgehead atoms. The van der Waals surface area contributed by atoms with Crippen LogP contribution in [0.4, 0.5) is 0 Å². The van der Waals surface area contributed by atoms with Gasteiger partial charge in [-0.1, -0.05) is 28.1 Å². The minimum absolute atomic E-state index is 0.167. The van der Waals surface area contributed by atoms with Gasteiger partial charge in [0.15, 0.2) is 5.78 Å². The van der Waals surface area contributed by atoms with Crippen molar-refractivity contribution in [3.63, 3.8) is 0 Å². The summed E-state index contributed by atoms with van der Waals surface area (Å²) in [6.07, 6.45) is 2.34. The quantitative estimate of drug-likeness (QED) is 0.779. The van der Waals surface area contributed by atoms with Gasteiger partial charge in [0.25, 0.3) is 0 Å². The van der Waals surface area contributed by atoms with Gasteiger partial charge in [-0.05, 0) is 37.9 Å². The fourth-order valence-electron chi connectivity index (χ4n) is 2.46. The highest BCUT2D eigenvalue weighted by Gasteiger charge is 2.17. The summed E-state index contributed by atoms with van der Waals surface area (Å²) in [6, 6.07) is 7.57. The van der Waals surface area contributed by atoms with Gasteiger partial charge < -0.3 is 4.74 Å². The third-order valence-electron chi connectivity index (χ3n) is 3.38. The Labute approximate surface area is 123 Å². The first-order valence-corrected chi connectivity index (χ1v) is 7.49. The van der Waals surface area contributed by atoms with E-state index in [4.69, 9.17) is 4.74 Å². The summed E-state index contributed by atoms with van der Waals surface area (Å²) in [5, 5.41) is 0. The number of hydrogen-bond donors (Lipinski definition) is 0. The van der Waals surface area contributed by atoms with Crippen LogP contribution in [0.15, 0.2) is 28.7 Å². The molecule has 0 aliphatic carbocycles. The van der Waals surface area contributed by atoms with Crippen LogP contribution in [0.2, 0.25) is 0 Å². The third kappa shape index (κ3) is 4.71. The average molecular weight is 326 g/mol. The zero-order valence-corrected chi connectivity index (χ0v) is 12.9. The van der Waals surface area contributed by atoms with Gasteiger partial charge in [0, 0.05) is 23.2 Å². The molecule has 4 heteroatoms. The fourth-order valence-corrected chi connectivity index (χ4v) is 2.85. The van der Waals surface area contributed by atoms with Crippen LogP contribution in [-0.2, 0) is 4.74 Å². The highest BCUT2D eigenvalue weighted by molar-refractivity contribution is 9.10. The standard InChI is InChI=1S/C15H20BrNO2/c1-17(9-12-4-3-7-19-11-12)10-15(18)13-5-2-6-14(16)8-13/h2,5-6,8,12H,3-4,7,9-11H2,1H3. The van der Waals surface area contributed by atoms with Crippen LogP contribution in [0.25, 0.3) is 0 Å². The van der Waals surface area contributed by atoms with Crippen molar-refractivity contribution in [3.8, 4) is 0 Å². The summed E-state index contributed by atoms with van der Waals surface area (Å²) in [5.41, 5.74) is 0.765. The van der Waals surface area contributed by atoms with Crippen molar-refractivity contribution in [3.05, 3.63) is 34.3 Å². The number of halogens is 1. The first-order valence-electron chi connectivity index (χ1n) is 6.70. The Bertz CT molecular complexity index is 430. The van der Waals surface area contributed by atoms with E-state index in [-0.39, 0.29) is 5.78 Å². The van der Waals surface area contributed by atoms with E-state index in [2.05, 4.69) is 20.8 Å². The van der Waals surface area contributed by atoms with E-state index < -0.39 is 0 Å². The highest BCUT2D eigenvalue weighted by Crippen LogP contribution is 2.15. The normalized spacial score (nSPS) is 19.6. The second kappa shape index (κ2) is 7.17. The van der Waals surface area contributed by atoms with Crippen molar-refractivity contribution in [2.75, 3.05) is 33.4 Å². The Morgan fingerprint density at radius 3 is 3.05 bits per heavy atom. The van der Waals surface area contributed by atoms with Gasteiger partial charge in [-0.2, -0.15) is 0 Å². The SMILES string of the molecule is CN(CC(=O)c1cccc(Br)c1)CC1CCCOC1. The molecule has 1 aliphatic heterocycles. The molecule has 1 heterocycles. The van der Waals surface area contributed by atoms with Gasteiger partial charge >= 0.3 is 0 Å². The third-order valence-corrected chi connectivity index (χ3v) is 3.88. The van der Waals surface area contributed by atoms with Crippen LogP contribution in [0.1, 0.15) is 23.2 Å². The van der Waals surface area contributed by atoms with Crippen LogP contribution in [0.5, 0.6) is 0 Å². The van der Waals surface area contributed by atoms with Crippen molar-refractivity contribution >= 4 is 21.7 Å². The van der Waals surface area contributed by atoms with E-state index in [9.17, 15) is 4.79 Å². The topological polar surface area (TPSA) is 29.5 Å². The Morgan fingerprint density at radius 1 is 1.53 bits per heavy atom. The number of ether oxygens (including phenoxy) is 1. The Balaban J connectivity index is 1.84. The lowest BCUT2D eigenvalue weighted by atomic mass is 10.0. The van der Waals surface area contributed by atoms with Crippen LogP contribution in [0.3, 0.4) is 0 Å². The summed E-state index contributed by atoms with van der Waals surface area (Å²) in [6.45, 7) is 3.11. The number of carbonyl (C=O) groups is 1. The van der Waals surface area contributed by atoms with Gasteiger partial charge in [0.1, 0.15) is 0 Å². The Kier molecular flexibility index (Phi) is 5.55. The average Bonchev–Trinajstić information content (AvgIpc) is 2.39. The second-order valence-electron chi connectivity index (χ2n) is 5.21. The Morgan fingerprint density at radius 2 is 2.37 bits per heavy atom. The molecule has 1 aliphatic rings. The molecule has 0 aromatic heterocycles. The van der Waals surface area contributed by atoms with E-state index >= 15 is 0 Å². The van der Waals surface area contributed by atoms with Crippen molar-refractivity contribution in [1.29, 1.82) is 0 Å². The van der Waals surface area contributed by atoms with Crippen LogP contribution in [-0.4, -0.2) is 44.0 Å². The van der Waals surface area contributed by atoms with Crippen LogP contribution < -0.4 is 0 Å². The number of nitrogens with zero attached hydrogens (tertiary/aromatic N) is 1. The van der Waals surface area contributed by atoms with Gasteiger partial charge in [-0.3, -0.25) is 9.69 Å². The van der Waals surface area contributed by atoms with Crippen LogP contribution >= 0.6 is 15.9 Å². The lowest BCUT2D eigenvalue weighted by molar-refractivity contribution is 0.0416. The maximum absolute atomic E-state index is 12.2. The molecular formula is C15H20BrNO2. The monoisotopic (exact) mass is 325 g/mol. The lowest BCUT2D eigenvalue weighted by Gasteiger charge is -2.26. The molecule has 1 aromatic rings. The number of carbonyl (C=O) groups excluding carboxylic acids is 1. The minimum Gasteiger partial charge on any atom is -0.381 e. The molecular weight excluding hydrogens is 306 g/mol. The molecule has 0 saturated carbocycles. The first-order chi connectivity index (χ1) is 9.15. The summed E-state index contributed by atoms with van der Waals surface area (Å²) in [7, 11) is 2.00. The molecule has 2 rings (SSSR count). The van der Waals surface area contributed by atoms with Gasteiger partial charge in [0.05, 0.1) is 13.2 Å². The highest BCUT2D eigenvalue weighted by atomic mass is 79.9. The minimum atomic E-state index is 0.167. The number of likely N-dealkylation sites (N-methyl/N-ethyl adjacent to an activating group) is 1. The zero-order valence-electron chi connectivity index (χ0n) is 11.3. The largest absolute Gasteiger partial charge is 0.381 e. The van der Waals surface area contributed by atoms with Crippen LogP contribution in [0, 0.1) is 5.92 Å². The van der Waals surface area contributed by atoms with Crippen molar-refractivity contribution < 1.29 is 9.53 Å². The van der Waals surface area contributed by atoms with Crippen molar-refractivity contribution in [1.82, 2.24) is 4.90 Å². The first kappa shape index (κ1) is 14.7. The fraction of sp³-hybridized carbons (Fsp3) is 0.533. The molecule has 0 amide bonds. The molecule has 3 nitrogen and oxygen atoms in total. The second-order valence-corrected chi connectivity index (χ2v) is 6.13. The zero-order chi connectivity index (χ0) is 13.7. The van der Waals surface area contributed by atoms with Gasteiger partial charge in [-0.25, -0.2) is 0 Å². The molecule has 104 valence electrons. The van der Waals surface area contributed by atoms with Crippen molar-refractivity contribution in [2.24, 2.45) is 5.92 Å². The predicted octanol–water partition coefficient (Wildman–Crippen LogP) is 2.99. The number of rotatable bonds is 5. The number of hydrogen-bond acceptors (Lipinski definition) is 3. The number of ketones is 1. The molecule has 0 spiro atoms. The molecule has 1 saturated heterocycles. The van der Waals surface area contributed by atoms with Gasteiger partial charge in [-0.15, -0.1) is 0 Å². The van der Waals surface area contributed by atoms with E-state index in [1.54, 1.807) is 0 Å². The molecule has 1 fully saturated rings. The summed E-state index contributed by atoms with van der Waals surface area (Å²) in [4.78, 5) is 14.3.